The lowest BCUT2D eigenvalue weighted by Crippen LogP contribution is -2.32. The van der Waals surface area contributed by atoms with E-state index in [0.717, 1.165) is 6.92 Å². The number of hydrogen-bond donors (Lipinski definition) is 2. The van der Waals surface area contributed by atoms with Crippen molar-refractivity contribution >= 4 is 81.2 Å². The van der Waals surface area contributed by atoms with Crippen molar-refractivity contribution in [2.45, 2.75) is 23.4 Å². The normalized spacial score (nSPS) is 20.4. The van der Waals surface area contributed by atoms with Crippen molar-refractivity contribution in [3.05, 3.63) is 57.0 Å². The zero-order chi connectivity index (χ0) is 24.0. The monoisotopic (exact) mass is 546 g/mol. The predicted molar refractivity (Wildman–Crippen MR) is 121 cm³/mol. The molecule has 12 heteroatoms. The van der Waals surface area contributed by atoms with Gasteiger partial charge in [-0.1, -0.05) is 34.8 Å². The molecule has 2 aromatic rings. The Morgan fingerprint density at radius 2 is 1.59 bits per heavy atom. The quantitative estimate of drug-likeness (QED) is 0.385. The third-order valence-electron chi connectivity index (χ3n) is 4.96. The molecule has 0 bridgehead atoms. The Kier molecular flexibility index (Phi) is 7.18. The summed E-state index contributed by atoms with van der Waals surface area (Å²) >= 11 is 30.6. The molecule has 4 nitrogen and oxygen atoms in total. The third kappa shape index (κ3) is 5.39. The minimum atomic E-state index is -4.71. The summed E-state index contributed by atoms with van der Waals surface area (Å²) in [5, 5.41) is 5.40. The van der Waals surface area contributed by atoms with Crippen molar-refractivity contribution in [1.82, 2.24) is 0 Å². The summed E-state index contributed by atoms with van der Waals surface area (Å²) in [7, 11) is 0. The highest BCUT2D eigenvalue weighted by Gasteiger charge is 2.67. The number of alkyl halides is 5. The summed E-state index contributed by atoms with van der Waals surface area (Å²) in [5.74, 6) is -5.51. The molecular weight excluding hydrogens is 534 g/mol. The molecule has 1 aliphatic rings. The Morgan fingerprint density at radius 3 is 2.16 bits per heavy atom. The molecule has 3 rings (SSSR count). The van der Waals surface area contributed by atoms with Crippen LogP contribution in [0, 0.1) is 11.8 Å². The van der Waals surface area contributed by atoms with Crippen LogP contribution in [0.3, 0.4) is 0 Å². The van der Waals surface area contributed by atoms with Gasteiger partial charge in [-0.3, -0.25) is 9.59 Å². The summed E-state index contributed by atoms with van der Waals surface area (Å²) in [5.41, 5.74) is 0.661. The molecule has 0 aromatic heterocycles. The lowest BCUT2D eigenvalue weighted by Gasteiger charge is -2.16. The average Bonchev–Trinajstić information content (AvgIpc) is 3.24. The molecular formula is C20H14Cl5F3N2O2. The van der Waals surface area contributed by atoms with Crippen molar-refractivity contribution in [2.75, 3.05) is 10.6 Å². The molecule has 0 radical (unpaired) electrons. The van der Waals surface area contributed by atoms with Gasteiger partial charge in [0.1, 0.15) is 10.3 Å². The fraction of sp³-hybridized carbons (Fsp3) is 0.300. The van der Waals surface area contributed by atoms with Gasteiger partial charge in [-0.25, -0.2) is 0 Å². The maximum Gasteiger partial charge on any atom is 0.400 e. The second kappa shape index (κ2) is 9.11. The molecule has 0 aliphatic heterocycles. The number of amides is 2. The van der Waals surface area contributed by atoms with Gasteiger partial charge in [0.2, 0.25) is 11.8 Å². The summed E-state index contributed by atoms with van der Waals surface area (Å²) in [6, 6.07) is 8.70. The number of halogens is 8. The molecule has 32 heavy (non-hydrogen) atoms. The van der Waals surface area contributed by atoms with Gasteiger partial charge >= 0.3 is 6.18 Å². The topological polar surface area (TPSA) is 58.2 Å². The maximum absolute atomic E-state index is 12.8. The number of benzene rings is 2. The zero-order valence-corrected chi connectivity index (χ0v) is 19.8. The van der Waals surface area contributed by atoms with Crippen LogP contribution in [0.5, 0.6) is 0 Å². The molecule has 2 aromatic carbocycles. The van der Waals surface area contributed by atoms with Gasteiger partial charge in [-0.05, 0) is 48.9 Å². The fourth-order valence-electron chi connectivity index (χ4n) is 3.13. The highest BCUT2D eigenvalue weighted by molar-refractivity contribution is 6.53. The first-order chi connectivity index (χ1) is 14.7. The van der Waals surface area contributed by atoms with Crippen LogP contribution in [-0.4, -0.2) is 22.3 Å². The van der Waals surface area contributed by atoms with Crippen LogP contribution >= 0.6 is 58.0 Å². The van der Waals surface area contributed by atoms with E-state index in [2.05, 4.69) is 10.6 Å². The summed E-state index contributed by atoms with van der Waals surface area (Å²) < 4.78 is 36.9. The lowest BCUT2D eigenvalue weighted by molar-refractivity contribution is -0.175. The van der Waals surface area contributed by atoms with Crippen molar-refractivity contribution < 1.29 is 22.8 Å². The van der Waals surface area contributed by atoms with Gasteiger partial charge in [0.05, 0.1) is 16.6 Å². The highest BCUT2D eigenvalue weighted by atomic mass is 35.5. The van der Waals surface area contributed by atoms with Gasteiger partial charge in [-0.2, -0.15) is 13.2 Å². The van der Waals surface area contributed by atoms with Crippen molar-refractivity contribution in [1.29, 1.82) is 0 Å². The molecule has 1 fully saturated rings. The predicted octanol–water partition coefficient (Wildman–Crippen LogP) is 7.31. The van der Waals surface area contributed by atoms with Crippen molar-refractivity contribution in [3.63, 3.8) is 0 Å². The molecule has 0 heterocycles. The van der Waals surface area contributed by atoms with Crippen LogP contribution in [0.15, 0.2) is 36.4 Å². The average molecular weight is 549 g/mol. The molecule has 2 N–H and O–H groups in total. The number of rotatable bonds is 5. The van der Waals surface area contributed by atoms with Gasteiger partial charge in [0.25, 0.3) is 0 Å². The molecule has 1 saturated carbocycles. The fourth-order valence-corrected chi connectivity index (χ4v) is 4.67. The minimum absolute atomic E-state index is 0.00683. The summed E-state index contributed by atoms with van der Waals surface area (Å²) in [6.07, 6.45) is -4.71. The van der Waals surface area contributed by atoms with E-state index in [9.17, 15) is 22.8 Å². The van der Waals surface area contributed by atoms with Crippen LogP contribution in [0.1, 0.15) is 18.4 Å². The number of carbonyl (C=O) groups is 2. The smallest absolute Gasteiger partial charge is 0.326 e. The van der Waals surface area contributed by atoms with E-state index in [4.69, 9.17) is 58.0 Å². The number of hydrogen-bond acceptors (Lipinski definition) is 2. The molecule has 1 aliphatic carbocycles. The SMILES string of the molecule is CC(C(=O)Nc1cc(NC(=O)C2C(c3cc(Cl)cc(Cl)c3)C2(Cl)Cl)ccc1Cl)C(F)(F)F. The second-order valence-electron chi connectivity index (χ2n) is 7.27. The Labute approximate surface area is 206 Å². The van der Waals surface area contributed by atoms with Crippen LogP contribution in [-0.2, 0) is 9.59 Å². The molecule has 0 spiro atoms. The number of anilines is 2. The van der Waals surface area contributed by atoms with E-state index < -0.39 is 40.1 Å². The zero-order valence-electron chi connectivity index (χ0n) is 16.0. The van der Waals surface area contributed by atoms with Gasteiger partial charge < -0.3 is 10.6 Å². The second-order valence-corrected chi connectivity index (χ2v) is 9.99. The Bertz CT molecular complexity index is 1060. The van der Waals surface area contributed by atoms with Crippen LogP contribution in [0.2, 0.25) is 15.1 Å². The Morgan fingerprint density at radius 1 is 1.00 bits per heavy atom. The van der Waals surface area contributed by atoms with E-state index in [1.807, 2.05) is 0 Å². The van der Waals surface area contributed by atoms with Crippen molar-refractivity contribution in [2.24, 2.45) is 11.8 Å². The minimum Gasteiger partial charge on any atom is -0.326 e. The van der Waals surface area contributed by atoms with Crippen LogP contribution < -0.4 is 10.6 Å². The van der Waals surface area contributed by atoms with E-state index in [1.165, 1.54) is 24.3 Å². The first kappa shape index (κ1) is 25.2. The van der Waals surface area contributed by atoms with E-state index in [-0.39, 0.29) is 16.4 Å². The highest BCUT2D eigenvalue weighted by Crippen LogP contribution is 2.65. The molecule has 172 valence electrons. The first-order valence-electron chi connectivity index (χ1n) is 9.03. The summed E-state index contributed by atoms with van der Waals surface area (Å²) in [4.78, 5) is 24.7. The molecule has 0 saturated heterocycles. The largest absolute Gasteiger partial charge is 0.400 e. The Hall–Kier alpha value is -1.38. The van der Waals surface area contributed by atoms with Crippen LogP contribution in [0.25, 0.3) is 0 Å². The molecule has 3 atom stereocenters. The molecule has 3 unspecified atom stereocenters. The van der Waals surface area contributed by atoms with Crippen LogP contribution in [0.4, 0.5) is 24.5 Å². The number of nitrogens with one attached hydrogen (secondary N) is 2. The van der Waals surface area contributed by atoms with E-state index in [1.54, 1.807) is 12.1 Å². The van der Waals surface area contributed by atoms with Gasteiger partial charge in [0.15, 0.2) is 0 Å². The number of carbonyl (C=O) groups excluding carboxylic acids is 2. The van der Waals surface area contributed by atoms with E-state index in [0.29, 0.717) is 15.6 Å². The standard InChI is InChI=1S/C20H14Cl5F3N2O2/c1-8(20(26,27)28)17(31)30-14-7-12(2-3-13(14)23)29-18(32)16-15(19(16,24)25)9-4-10(21)6-11(22)5-9/h2-8,15-16H,1H3,(H,29,32)(H,30,31). The van der Waals surface area contributed by atoms with Crippen molar-refractivity contribution in [3.8, 4) is 0 Å². The van der Waals surface area contributed by atoms with Gasteiger partial charge in [-0.15, -0.1) is 23.2 Å². The van der Waals surface area contributed by atoms with E-state index >= 15 is 0 Å². The molecule has 2 amide bonds. The third-order valence-corrected chi connectivity index (χ3v) is 6.66. The maximum atomic E-state index is 12.8. The van der Waals surface area contributed by atoms with Gasteiger partial charge in [0, 0.05) is 21.7 Å². The first-order valence-corrected chi connectivity index (χ1v) is 10.9. The lowest BCUT2D eigenvalue weighted by atomic mass is 10.1. The Balaban J connectivity index is 1.76. The summed E-state index contributed by atoms with van der Waals surface area (Å²) in [6.45, 7) is 0.727.